The third-order valence-corrected chi connectivity index (χ3v) is 4.01. The van der Waals surface area contributed by atoms with Crippen LogP contribution in [0.15, 0.2) is 0 Å². The van der Waals surface area contributed by atoms with E-state index >= 15 is 0 Å². The summed E-state index contributed by atoms with van der Waals surface area (Å²) in [7, 11) is 0. The van der Waals surface area contributed by atoms with Gasteiger partial charge in [-0.15, -0.1) is 0 Å². The molecule has 1 saturated carbocycles. The third-order valence-electron chi connectivity index (χ3n) is 4.01. The van der Waals surface area contributed by atoms with E-state index in [-0.39, 0.29) is 12.3 Å². The smallest absolute Gasteiger partial charge is 0.310 e. The number of carboxylic acid groups (broad SMARTS) is 2. The van der Waals surface area contributed by atoms with E-state index in [9.17, 15) is 14.7 Å². The molecule has 1 aliphatic carbocycles. The Kier molecular flexibility index (Phi) is 4.97. The van der Waals surface area contributed by atoms with Gasteiger partial charge >= 0.3 is 11.9 Å². The van der Waals surface area contributed by atoms with Crippen molar-refractivity contribution in [2.75, 3.05) is 0 Å². The molecule has 1 fully saturated rings. The van der Waals surface area contributed by atoms with Crippen LogP contribution in [0.2, 0.25) is 0 Å². The Hall–Kier alpha value is -1.06. The van der Waals surface area contributed by atoms with Crippen LogP contribution in [-0.4, -0.2) is 22.2 Å². The van der Waals surface area contributed by atoms with Crippen molar-refractivity contribution < 1.29 is 19.8 Å². The molecule has 0 amide bonds. The fourth-order valence-electron chi connectivity index (χ4n) is 3.03. The SMILES string of the molecule is CCCCC(CC(=O)O)(C(=O)O)C1CCCC1. The molecule has 1 rings (SSSR count). The number of carbonyl (C=O) groups is 2. The number of hydrogen-bond donors (Lipinski definition) is 2. The minimum Gasteiger partial charge on any atom is -0.481 e. The third kappa shape index (κ3) is 3.20. The van der Waals surface area contributed by atoms with Crippen molar-refractivity contribution in [2.24, 2.45) is 11.3 Å². The van der Waals surface area contributed by atoms with E-state index in [0.717, 1.165) is 38.5 Å². The second-order valence-corrected chi connectivity index (χ2v) is 5.12. The maximum Gasteiger partial charge on any atom is 0.310 e. The minimum atomic E-state index is -1.03. The highest BCUT2D eigenvalue weighted by atomic mass is 16.4. The number of aliphatic carboxylic acids is 2. The molecule has 0 aromatic rings. The molecule has 0 aromatic heterocycles. The number of carboxylic acids is 2. The summed E-state index contributed by atoms with van der Waals surface area (Å²) < 4.78 is 0. The van der Waals surface area contributed by atoms with Crippen LogP contribution in [0.3, 0.4) is 0 Å². The van der Waals surface area contributed by atoms with E-state index in [4.69, 9.17) is 5.11 Å². The van der Waals surface area contributed by atoms with Crippen LogP contribution < -0.4 is 0 Å². The molecule has 0 radical (unpaired) electrons. The van der Waals surface area contributed by atoms with Crippen LogP contribution in [0.1, 0.15) is 58.3 Å². The summed E-state index contributed by atoms with van der Waals surface area (Å²) in [5, 5.41) is 18.5. The van der Waals surface area contributed by atoms with Crippen molar-refractivity contribution in [1.29, 1.82) is 0 Å². The molecule has 0 heterocycles. The first kappa shape index (κ1) is 14.0. The molecule has 2 N–H and O–H groups in total. The summed E-state index contributed by atoms with van der Waals surface area (Å²) in [6, 6.07) is 0. The van der Waals surface area contributed by atoms with Gasteiger partial charge in [0.15, 0.2) is 0 Å². The normalized spacial score (nSPS) is 20.1. The van der Waals surface area contributed by atoms with Gasteiger partial charge < -0.3 is 10.2 Å². The standard InChI is InChI=1S/C13H22O4/c1-2-3-8-13(12(16)17,9-11(14)15)10-6-4-5-7-10/h10H,2-9H2,1H3,(H,14,15)(H,16,17). The lowest BCUT2D eigenvalue weighted by atomic mass is 9.68. The molecule has 0 saturated heterocycles. The highest BCUT2D eigenvalue weighted by molar-refractivity contribution is 5.81. The van der Waals surface area contributed by atoms with Crippen molar-refractivity contribution in [1.82, 2.24) is 0 Å². The van der Waals surface area contributed by atoms with Crippen molar-refractivity contribution in [3.63, 3.8) is 0 Å². The molecule has 1 atom stereocenters. The summed E-state index contributed by atoms with van der Waals surface area (Å²) in [6.45, 7) is 2.00. The molecule has 17 heavy (non-hydrogen) atoms. The van der Waals surface area contributed by atoms with Gasteiger partial charge in [-0.05, 0) is 25.2 Å². The van der Waals surface area contributed by atoms with E-state index < -0.39 is 17.4 Å². The van der Waals surface area contributed by atoms with E-state index in [0.29, 0.717) is 6.42 Å². The zero-order chi connectivity index (χ0) is 12.9. The van der Waals surface area contributed by atoms with Gasteiger partial charge in [0, 0.05) is 0 Å². The Morgan fingerprint density at radius 2 is 1.82 bits per heavy atom. The molecule has 98 valence electrons. The monoisotopic (exact) mass is 242 g/mol. The Balaban J connectivity index is 2.91. The second-order valence-electron chi connectivity index (χ2n) is 5.12. The van der Waals surface area contributed by atoms with Crippen molar-refractivity contribution in [3.8, 4) is 0 Å². The van der Waals surface area contributed by atoms with Crippen LogP contribution in [-0.2, 0) is 9.59 Å². The average Bonchev–Trinajstić information content (AvgIpc) is 2.76. The maximum atomic E-state index is 11.6. The molecule has 1 unspecified atom stereocenters. The fourth-order valence-corrected chi connectivity index (χ4v) is 3.03. The fraction of sp³-hybridized carbons (Fsp3) is 0.846. The first-order valence-electron chi connectivity index (χ1n) is 6.48. The lowest BCUT2D eigenvalue weighted by Gasteiger charge is -2.34. The molecular formula is C13H22O4. The van der Waals surface area contributed by atoms with E-state index in [1.54, 1.807) is 0 Å². The van der Waals surface area contributed by atoms with Gasteiger partial charge in [0.25, 0.3) is 0 Å². The Morgan fingerprint density at radius 1 is 1.24 bits per heavy atom. The average molecular weight is 242 g/mol. The van der Waals surface area contributed by atoms with Crippen LogP contribution in [0.5, 0.6) is 0 Å². The summed E-state index contributed by atoms with van der Waals surface area (Å²) in [6.07, 6.45) is 5.75. The van der Waals surface area contributed by atoms with Gasteiger partial charge in [-0.2, -0.15) is 0 Å². The van der Waals surface area contributed by atoms with Crippen LogP contribution in [0.25, 0.3) is 0 Å². The Morgan fingerprint density at radius 3 is 2.24 bits per heavy atom. The number of rotatable bonds is 7. The molecule has 4 heteroatoms. The molecule has 0 bridgehead atoms. The highest BCUT2D eigenvalue weighted by Crippen LogP contribution is 2.46. The van der Waals surface area contributed by atoms with Gasteiger partial charge in [0.2, 0.25) is 0 Å². The topological polar surface area (TPSA) is 74.6 Å². The van der Waals surface area contributed by atoms with E-state index in [1.165, 1.54) is 0 Å². The number of hydrogen-bond acceptors (Lipinski definition) is 2. The zero-order valence-corrected chi connectivity index (χ0v) is 10.4. The first-order chi connectivity index (χ1) is 8.03. The van der Waals surface area contributed by atoms with Crippen molar-refractivity contribution in [2.45, 2.75) is 58.3 Å². The predicted octanol–water partition coefficient (Wildman–Crippen LogP) is 2.91. The molecule has 0 spiro atoms. The lowest BCUT2D eigenvalue weighted by molar-refractivity contribution is -0.160. The summed E-state index contributed by atoms with van der Waals surface area (Å²) >= 11 is 0. The van der Waals surface area contributed by atoms with Crippen LogP contribution >= 0.6 is 0 Å². The van der Waals surface area contributed by atoms with Gasteiger partial charge in [0.05, 0.1) is 11.8 Å². The predicted molar refractivity (Wildman–Crippen MR) is 63.8 cm³/mol. The molecule has 0 aliphatic heterocycles. The summed E-state index contributed by atoms with van der Waals surface area (Å²) in [5.74, 6) is -1.86. The maximum absolute atomic E-state index is 11.6. The van der Waals surface area contributed by atoms with Crippen LogP contribution in [0.4, 0.5) is 0 Å². The van der Waals surface area contributed by atoms with E-state index in [1.807, 2.05) is 6.92 Å². The molecule has 1 aliphatic rings. The molecule has 0 aromatic carbocycles. The van der Waals surface area contributed by atoms with Crippen molar-refractivity contribution in [3.05, 3.63) is 0 Å². The highest BCUT2D eigenvalue weighted by Gasteiger charge is 2.47. The lowest BCUT2D eigenvalue weighted by Crippen LogP contribution is -2.39. The Labute approximate surface area is 102 Å². The van der Waals surface area contributed by atoms with E-state index in [2.05, 4.69) is 0 Å². The van der Waals surface area contributed by atoms with Crippen LogP contribution in [0, 0.1) is 11.3 Å². The van der Waals surface area contributed by atoms with Crippen molar-refractivity contribution >= 4 is 11.9 Å². The minimum absolute atomic E-state index is 0.0441. The molecular weight excluding hydrogens is 220 g/mol. The number of unbranched alkanes of at least 4 members (excludes halogenated alkanes) is 1. The van der Waals surface area contributed by atoms with Gasteiger partial charge in [-0.25, -0.2) is 0 Å². The summed E-state index contributed by atoms with van der Waals surface area (Å²) in [5.41, 5.74) is -1.03. The zero-order valence-electron chi connectivity index (χ0n) is 10.4. The van der Waals surface area contributed by atoms with Gasteiger partial charge in [-0.1, -0.05) is 32.6 Å². The molecule has 4 nitrogen and oxygen atoms in total. The van der Waals surface area contributed by atoms with Gasteiger partial charge in [0.1, 0.15) is 0 Å². The first-order valence-corrected chi connectivity index (χ1v) is 6.48. The second kappa shape index (κ2) is 6.03. The Bertz CT molecular complexity index is 281. The summed E-state index contributed by atoms with van der Waals surface area (Å²) in [4.78, 5) is 22.6. The largest absolute Gasteiger partial charge is 0.481 e. The van der Waals surface area contributed by atoms with Gasteiger partial charge in [-0.3, -0.25) is 9.59 Å². The quantitative estimate of drug-likeness (QED) is 0.719.